The molecule has 1 heterocycles. The lowest BCUT2D eigenvalue weighted by Gasteiger charge is -2.04. The van der Waals surface area contributed by atoms with E-state index in [-0.39, 0.29) is 12.3 Å². The number of anilines is 1. The molecule has 0 radical (unpaired) electrons. The number of hydrogen-bond donors (Lipinski definition) is 1. The number of rotatable bonds is 4. The first-order valence-electron chi connectivity index (χ1n) is 7.91. The van der Waals surface area contributed by atoms with Crippen LogP contribution in [-0.2, 0) is 11.2 Å². The Kier molecular flexibility index (Phi) is 4.47. The van der Waals surface area contributed by atoms with E-state index in [1.807, 2.05) is 69.3 Å². The Morgan fingerprint density at radius 1 is 0.958 bits per heavy atom. The Morgan fingerprint density at radius 2 is 1.54 bits per heavy atom. The lowest BCUT2D eigenvalue weighted by Crippen LogP contribution is -2.15. The maximum absolute atomic E-state index is 12.2. The number of carbonyl (C=O) groups excluding carboxylic acids is 1. The summed E-state index contributed by atoms with van der Waals surface area (Å²) in [5, 5.41) is 2.88. The summed E-state index contributed by atoms with van der Waals surface area (Å²) in [6.07, 6.45) is 0.190. The summed E-state index contributed by atoms with van der Waals surface area (Å²) in [5.41, 5.74) is 4.69. The highest BCUT2D eigenvalue weighted by Crippen LogP contribution is 2.22. The Labute approximate surface area is 141 Å². The van der Waals surface area contributed by atoms with Crippen molar-refractivity contribution in [3.05, 3.63) is 71.1 Å². The summed E-state index contributed by atoms with van der Waals surface area (Å²) < 4.78 is 5.72. The van der Waals surface area contributed by atoms with Gasteiger partial charge in [0.25, 0.3) is 0 Å². The van der Waals surface area contributed by atoms with E-state index in [9.17, 15) is 4.79 Å². The van der Waals surface area contributed by atoms with Crippen LogP contribution in [0.1, 0.15) is 22.6 Å². The third kappa shape index (κ3) is 3.71. The van der Waals surface area contributed by atoms with Crippen LogP contribution in [-0.4, -0.2) is 10.9 Å². The van der Waals surface area contributed by atoms with E-state index in [0.29, 0.717) is 17.3 Å². The monoisotopic (exact) mass is 320 g/mol. The molecule has 24 heavy (non-hydrogen) atoms. The Hall–Kier alpha value is -2.88. The van der Waals surface area contributed by atoms with Crippen LogP contribution < -0.4 is 5.32 Å². The fourth-order valence-electron chi connectivity index (χ4n) is 2.41. The van der Waals surface area contributed by atoms with Gasteiger partial charge in [-0.2, -0.15) is 0 Å². The van der Waals surface area contributed by atoms with Crippen molar-refractivity contribution < 1.29 is 9.21 Å². The number of nitrogens with one attached hydrogen (secondary N) is 1. The molecule has 0 aliphatic heterocycles. The first-order valence-corrected chi connectivity index (χ1v) is 7.91. The van der Waals surface area contributed by atoms with Gasteiger partial charge in [-0.3, -0.25) is 4.79 Å². The molecule has 3 aromatic rings. The predicted octanol–water partition coefficient (Wildman–Crippen LogP) is 4.45. The molecule has 0 spiro atoms. The van der Waals surface area contributed by atoms with E-state index in [1.54, 1.807) is 0 Å². The second-order valence-corrected chi connectivity index (χ2v) is 5.98. The molecule has 0 bridgehead atoms. The van der Waals surface area contributed by atoms with Crippen molar-refractivity contribution >= 4 is 11.6 Å². The number of amides is 1. The van der Waals surface area contributed by atoms with Crippen molar-refractivity contribution in [3.63, 3.8) is 0 Å². The maximum Gasteiger partial charge on any atom is 0.230 e. The number of oxazole rings is 1. The lowest BCUT2D eigenvalue weighted by molar-refractivity contribution is -0.115. The van der Waals surface area contributed by atoms with Crippen LogP contribution in [0.5, 0.6) is 0 Å². The van der Waals surface area contributed by atoms with E-state index >= 15 is 0 Å². The second-order valence-electron chi connectivity index (χ2n) is 5.98. The van der Waals surface area contributed by atoms with Crippen LogP contribution in [0.4, 0.5) is 5.69 Å². The normalized spacial score (nSPS) is 10.6. The summed E-state index contributed by atoms with van der Waals surface area (Å²) in [4.78, 5) is 16.7. The van der Waals surface area contributed by atoms with Gasteiger partial charge in [0.2, 0.25) is 11.8 Å². The first-order chi connectivity index (χ1) is 11.5. The predicted molar refractivity (Wildman–Crippen MR) is 94.9 cm³/mol. The molecule has 2 aromatic carbocycles. The van der Waals surface area contributed by atoms with Crippen LogP contribution in [0.25, 0.3) is 11.5 Å². The molecule has 0 saturated heterocycles. The zero-order valence-corrected chi connectivity index (χ0v) is 14.1. The number of carbonyl (C=O) groups is 1. The van der Waals surface area contributed by atoms with Crippen molar-refractivity contribution in [1.29, 1.82) is 0 Å². The second kappa shape index (κ2) is 6.71. The number of aryl methyl sites for hydroxylation is 3. The van der Waals surface area contributed by atoms with Crippen molar-refractivity contribution in [2.45, 2.75) is 27.2 Å². The van der Waals surface area contributed by atoms with Gasteiger partial charge in [0.1, 0.15) is 5.76 Å². The molecule has 4 heteroatoms. The highest BCUT2D eigenvalue weighted by molar-refractivity contribution is 5.92. The number of aromatic nitrogens is 1. The molecule has 3 rings (SSSR count). The Morgan fingerprint density at radius 3 is 2.17 bits per heavy atom. The Bertz CT molecular complexity index is 846. The van der Waals surface area contributed by atoms with Gasteiger partial charge < -0.3 is 9.73 Å². The van der Waals surface area contributed by atoms with Gasteiger partial charge in [-0.1, -0.05) is 35.4 Å². The molecule has 0 unspecified atom stereocenters. The SMILES string of the molecule is Cc1ccc(NC(=O)Cc2nc(-c3ccc(C)cc3)oc2C)cc1. The highest BCUT2D eigenvalue weighted by atomic mass is 16.4. The smallest absolute Gasteiger partial charge is 0.230 e. The standard InChI is InChI=1S/C20H20N2O2/c1-13-4-8-16(9-5-13)20-22-18(15(3)24-20)12-19(23)21-17-10-6-14(2)7-11-17/h4-11H,12H2,1-3H3,(H,21,23). The number of hydrogen-bond acceptors (Lipinski definition) is 3. The van der Waals surface area contributed by atoms with Crippen molar-refractivity contribution in [3.8, 4) is 11.5 Å². The molecule has 122 valence electrons. The van der Waals surface area contributed by atoms with Crippen LogP contribution in [0.2, 0.25) is 0 Å². The van der Waals surface area contributed by atoms with Gasteiger partial charge in [0.05, 0.1) is 12.1 Å². The fourth-order valence-corrected chi connectivity index (χ4v) is 2.41. The van der Waals surface area contributed by atoms with Crippen LogP contribution in [0, 0.1) is 20.8 Å². The molecule has 0 atom stereocenters. The zero-order chi connectivity index (χ0) is 17.1. The van der Waals surface area contributed by atoms with Gasteiger partial charge in [-0.15, -0.1) is 0 Å². The topological polar surface area (TPSA) is 55.1 Å². The average molecular weight is 320 g/mol. The molecule has 0 fully saturated rings. The molecule has 1 N–H and O–H groups in total. The minimum absolute atomic E-state index is 0.106. The number of benzene rings is 2. The summed E-state index contributed by atoms with van der Waals surface area (Å²) in [5.74, 6) is 1.11. The van der Waals surface area contributed by atoms with E-state index < -0.39 is 0 Å². The molecular weight excluding hydrogens is 300 g/mol. The van der Waals surface area contributed by atoms with E-state index in [2.05, 4.69) is 10.3 Å². The van der Waals surface area contributed by atoms with Gasteiger partial charge in [0.15, 0.2) is 0 Å². The van der Waals surface area contributed by atoms with Crippen molar-refractivity contribution in [1.82, 2.24) is 4.98 Å². The summed E-state index contributed by atoms with van der Waals surface area (Å²) in [6.45, 7) is 5.88. The van der Waals surface area contributed by atoms with E-state index in [0.717, 1.165) is 16.8 Å². The molecule has 4 nitrogen and oxygen atoms in total. The Balaban J connectivity index is 1.72. The zero-order valence-electron chi connectivity index (χ0n) is 14.1. The van der Waals surface area contributed by atoms with Gasteiger partial charge in [-0.05, 0) is 45.0 Å². The third-order valence-electron chi connectivity index (χ3n) is 3.85. The number of nitrogens with zero attached hydrogens (tertiary/aromatic N) is 1. The quantitative estimate of drug-likeness (QED) is 0.773. The minimum atomic E-state index is -0.106. The van der Waals surface area contributed by atoms with Gasteiger partial charge >= 0.3 is 0 Å². The molecular formula is C20H20N2O2. The highest BCUT2D eigenvalue weighted by Gasteiger charge is 2.14. The lowest BCUT2D eigenvalue weighted by atomic mass is 10.1. The molecule has 1 aromatic heterocycles. The van der Waals surface area contributed by atoms with E-state index in [4.69, 9.17) is 4.42 Å². The minimum Gasteiger partial charge on any atom is -0.441 e. The van der Waals surface area contributed by atoms with Gasteiger partial charge in [0, 0.05) is 11.3 Å². The molecule has 0 aliphatic carbocycles. The fraction of sp³-hybridized carbons (Fsp3) is 0.200. The first kappa shape index (κ1) is 16.0. The average Bonchev–Trinajstić information content (AvgIpc) is 2.91. The van der Waals surface area contributed by atoms with Crippen LogP contribution >= 0.6 is 0 Å². The van der Waals surface area contributed by atoms with Crippen molar-refractivity contribution in [2.24, 2.45) is 0 Å². The largest absolute Gasteiger partial charge is 0.441 e. The summed E-state index contributed by atoms with van der Waals surface area (Å²) in [6, 6.07) is 15.7. The van der Waals surface area contributed by atoms with Gasteiger partial charge in [-0.25, -0.2) is 4.98 Å². The van der Waals surface area contributed by atoms with Crippen LogP contribution in [0.3, 0.4) is 0 Å². The molecule has 0 aliphatic rings. The summed E-state index contributed by atoms with van der Waals surface area (Å²) in [7, 11) is 0. The van der Waals surface area contributed by atoms with Crippen LogP contribution in [0.15, 0.2) is 52.9 Å². The molecule has 1 amide bonds. The third-order valence-corrected chi connectivity index (χ3v) is 3.85. The van der Waals surface area contributed by atoms with Crippen molar-refractivity contribution in [2.75, 3.05) is 5.32 Å². The summed E-state index contributed by atoms with van der Waals surface area (Å²) >= 11 is 0. The maximum atomic E-state index is 12.2. The molecule has 0 saturated carbocycles. The van der Waals surface area contributed by atoms with E-state index in [1.165, 1.54) is 5.56 Å².